The first kappa shape index (κ1) is 27.8. The van der Waals surface area contributed by atoms with Crippen molar-refractivity contribution in [3.8, 4) is 5.75 Å². The molecule has 1 aromatic rings. The fourth-order valence-electron chi connectivity index (χ4n) is 3.54. The largest absolute Gasteiger partial charge is 1.00 e. The van der Waals surface area contributed by atoms with Crippen molar-refractivity contribution in [3.05, 3.63) is 23.8 Å². The van der Waals surface area contributed by atoms with Crippen LogP contribution in [0.3, 0.4) is 0 Å². The van der Waals surface area contributed by atoms with Gasteiger partial charge in [0.15, 0.2) is 0 Å². The van der Waals surface area contributed by atoms with E-state index in [0.29, 0.717) is 51.4 Å². The smallest absolute Gasteiger partial charge is 0.744 e. The second kappa shape index (κ2) is 12.7. The van der Waals surface area contributed by atoms with Gasteiger partial charge < -0.3 is 19.9 Å². The maximum Gasteiger partial charge on any atom is 1.00 e. The molecular formula is C19H32N3NaO6S. The Labute approximate surface area is 201 Å². The average Bonchev–Trinajstić information content (AvgIpc) is 2.68. The molecular weight excluding hydrogens is 421 g/mol. The molecule has 0 bridgehead atoms. The third-order valence-electron chi connectivity index (χ3n) is 4.98. The number of benzene rings is 1. The second-order valence-electron chi connectivity index (χ2n) is 7.82. The Morgan fingerprint density at radius 3 is 1.77 bits per heavy atom. The number of aromatic hydroxyl groups is 1. The van der Waals surface area contributed by atoms with Crippen LogP contribution in [0.2, 0.25) is 0 Å². The number of phenolic OH excluding ortho intramolecular Hbond substituents is 1. The van der Waals surface area contributed by atoms with Crippen LogP contribution in [-0.2, 0) is 16.7 Å². The third kappa shape index (κ3) is 9.47. The minimum Gasteiger partial charge on any atom is -0.744 e. The number of nitrogens with zero attached hydrogens (tertiary/aromatic N) is 3. The summed E-state index contributed by atoms with van der Waals surface area (Å²) < 4.78 is 33.9. The minimum atomic E-state index is -4.60. The molecule has 1 aliphatic rings. The number of phenols is 1. The van der Waals surface area contributed by atoms with Crippen LogP contribution in [0.4, 0.5) is 0 Å². The molecule has 11 heteroatoms. The number of rotatable bonds is 7. The molecule has 2 atom stereocenters. The van der Waals surface area contributed by atoms with Crippen LogP contribution in [0.25, 0.3) is 0 Å². The van der Waals surface area contributed by atoms with Crippen molar-refractivity contribution >= 4 is 10.1 Å². The summed E-state index contributed by atoms with van der Waals surface area (Å²) in [6, 6.07) is 3.57. The number of hydrogen-bond donors (Lipinski definition) is 3. The molecule has 1 aromatic carbocycles. The molecule has 1 aliphatic heterocycles. The average molecular weight is 454 g/mol. The molecule has 9 nitrogen and oxygen atoms in total. The van der Waals surface area contributed by atoms with E-state index in [2.05, 4.69) is 14.7 Å². The van der Waals surface area contributed by atoms with E-state index in [0.717, 1.165) is 19.2 Å². The Kier molecular flexibility index (Phi) is 11.7. The molecule has 0 spiro atoms. The first-order chi connectivity index (χ1) is 13.5. The summed E-state index contributed by atoms with van der Waals surface area (Å²) in [7, 11) is -4.60. The third-order valence-corrected chi connectivity index (χ3v) is 5.81. The zero-order chi connectivity index (χ0) is 21.6. The maximum absolute atomic E-state index is 11.3. The summed E-state index contributed by atoms with van der Waals surface area (Å²) in [5.74, 6) is -0.0565. The summed E-state index contributed by atoms with van der Waals surface area (Å²) >= 11 is 0. The van der Waals surface area contributed by atoms with E-state index in [4.69, 9.17) is 0 Å². The van der Waals surface area contributed by atoms with Crippen molar-refractivity contribution in [1.82, 2.24) is 14.7 Å². The fraction of sp³-hybridized carbons (Fsp3) is 0.684. The molecule has 1 saturated heterocycles. The molecule has 1 fully saturated rings. The summed E-state index contributed by atoms with van der Waals surface area (Å²) in [5, 5.41) is 29.7. The van der Waals surface area contributed by atoms with Crippen LogP contribution >= 0.6 is 0 Å². The van der Waals surface area contributed by atoms with Crippen LogP contribution in [0.5, 0.6) is 5.75 Å². The van der Waals surface area contributed by atoms with Gasteiger partial charge in [0.1, 0.15) is 15.9 Å². The molecule has 2 rings (SSSR count). The Hall–Kier alpha value is -0.270. The molecule has 1 heterocycles. The van der Waals surface area contributed by atoms with Gasteiger partial charge in [0, 0.05) is 64.5 Å². The van der Waals surface area contributed by atoms with Gasteiger partial charge in [-0.1, -0.05) is 0 Å². The summed E-state index contributed by atoms with van der Waals surface area (Å²) in [5.41, 5.74) is 0.380. The quantitative estimate of drug-likeness (QED) is 0.284. The topological polar surface area (TPSA) is 128 Å². The van der Waals surface area contributed by atoms with Crippen molar-refractivity contribution in [2.75, 3.05) is 52.4 Å². The Morgan fingerprint density at radius 1 is 0.933 bits per heavy atom. The van der Waals surface area contributed by atoms with Crippen molar-refractivity contribution in [1.29, 1.82) is 0 Å². The monoisotopic (exact) mass is 453 g/mol. The van der Waals surface area contributed by atoms with E-state index < -0.39 is 22.3 Å². The molecule has 3 N–H and O–H groups in total. The van der Waals surface area contributed by atoms with Crippen molar-refractivity contribution < 1.29 is 57.8 Å². The van der Waals surface area contributed by atoms with Crippen molar-refractivity contribution in [2.45, 2.75) is 37.5 Å². The zero-order valence-corrected chi connectivity index (χ0v) is 20.9. The van der Waals surface area contributed by atoms with E-state index in [1.54, 1.807) is 13.8 Å². The van der Waals surface area contributed by atoms with Gasteiger partial charge in [-0.05, 0) is 32.0 Å². The molecule has 0 radical (unpaired) electrons. The SMILES string of the molecule is C[C@H](O)CN1CCN(Cc2cc(S(=O)(=O)[O-])ccc2O)CCN(C[C@H](C)O)CC1.[Na+]. The van der Waals surface area contributed by atoms with Crippen molar-refractivity contribution in [2.24, 2.45) is 0 Å². The number of aliphatic hydroxyl groups excluding tert-OH is 2. The van der Waals surface area contributed by atoms with Gasteiger partial charge in [-0.3, -0.25) is 14.7 Å². The van der Waals surface area contributed by atoms with Crippen molar-refractivity contribution in [3.63, 3.8) is 0 Å². The summed E-state index contributed by atoms with van der Waals surface area (Å²) in [6.07, 6.45) is -0.921. The van der Waals surface area contributed by atoms with E-state index in [1.165, 1.54) is 12.1 Å². The van der Waals surface area contributed by atoms with Crippen LogP contribution in [-0.4, -0.2) is 108 Å². The first-order valence-corrected chi connectivity index (χ1v) is 11.3. The number of hydrogen-bond acceptors (Lipinski definition) is 9. The maximum atomic E-state index is 11.3. The van der Waals surface area contributed by atoms with Crippen LogP contribution in [0, 0.1) is 0 Å². The van der Waals surface area contributed by atoms with Gasteiger partial charge in [-0.25, -0.2) is 8.42 Å². The molecule has 0 saturated carbocycles. The van der Waals surface area contributed by atoms with Gasteiger partial charge in [-0.2, -0.15) is 0 Å². The summed E-state index contributed by atoms with van der Waals surface area (Å²) in [4.78, 5) is 6.01. The predicted octanol–water partition coefficient (Wildman–Crippen LogP) is -3.52. The van der Waals surface area contributed by atoms with Crippen LogP contribution < -0.4 is 29.6 Å². The summed E-state index contributed by atoms with van der Waals surface area (Å²) in [6.45, 7) is 9.09. The van der Waals surface area contributed by atoms with E-state index in [9.17, 15) is 28.3 Å². The Balaban J connectivity index is 0.00000450. The second-order valence-corrected chi connectivity index (χ2v) is 9.20. The molecule has 0 unspecified atom stereocenters. The van der Waals surface area contributed by atoms with Crippen LogP contribution in [0.1, 0.15) is 19.4 Å². The molecule has 0 amide bonds. The first-order valence-electron chi connectivity index (χ1n) is 9.85. The van der Waals surface area contributed by atoms with E-state index in [-0.39, 0.29) is 40.2 Å². The van der Waals surface area contributed by atoms with Gasteiger partial charge >= 0.3 is 29.6 Å². The fourth-order valence-corrected chi connectivity index (χ4v) is 4.06. The minimum absolute atomic E-state index is 0. The molecule has 0 aromatic heterocycles. The van der Waals surface area contributed by atoms with E-state index in [1.807, 2.05) is 0 Å². The number of β-amino-alcohol motifs (C(OH)–C–C–N with tert-alkyl or cyclic N) is 2. The van der Waals surface area contributed by atoms with Crippen LogP contribution in [0.15, 0.2) is 23.1 Å². The van der Waals surface area contributed by atoms with Gasteiger partial charge in [-0.15, -0.1) is 0 Å². The van der Waals surface area contributed by atoms with Gasteiger partial charge in [0.05, 0.1) is 17.1 Å². The standard InChI is InChI=1S/C19H33N3O6S.Na/c1-15(23)12-20-5-6-21(13-16(2)24)8-10-22(9-7-20)14-17-11-18(29(26,27)28)3-4-19(17)25;/h3-4,11,15-16,23-25H,5-10,12-14H2,1-2H3,(H,26,27,28);/q;+1/p-1/t15-,16-;/m0./s1. The normalized spacial score (nSPS) is 19.9. The Morgan fingerprint density at radius 2 is 1.37 bits per heavy atom. The molecule has 30 heavy (non-hydrogen) atoms. The van der Waals surface area contributed by atoms with Gasteiger partial charge in [0.2, 0.25) is 0 Å². The van der Waals surface area contributed by atoms with E-state index >= 15 is 0 Å². The number of aliphatic hydroxyl groups is 2. The zero-order valence-electron chi connectivity index (χ0n) is 18.1. The molecule has 0 aliphatic carbocycles. The molecule has 166 valence electrons. The van der Waals surface area contributed by atoms with Gasteiger partial charge in [0.25, 0.3) is 0 Å². The Bertz CT molecular complexity index is 741. The predicted molar refractivity (Wildman–Crippen MR) is 108 cm³/mol.